The number of rotatable bonds is 6. The van der Waals surface area contributed by atoms with Crippen LogP contribution in [-0.2, 0) is 32.9 Å². The van der Waals surface area contributed by atoms with Gasteiger partial charge in [-0.25, -0.2) is 0 Å². The number of carbonyl (C=O) groups is 3. The van der Waals surface area contributed by atoms with Crippen molar-refractivity contribution in [2.24, 2.45) is 5.92 Å². The van der Waals surface area contributed by atoms with Crippen molar-refractivity contribution in [2.45, 2.75) is 62.7 Å². The number of hydrogen-bond acceptors (Lipinski definition) is 6. The van der Waals surface area contributed by atoms with E-state index in [9.17, 15) is 24.3 Å². The third-order valence-electron chi connectivity index (χ3n) is 9.29. The van der Waals surface area contributed by atoms with Crippen LogP contribution in [0.15, 0.2) is 72.8 Å². The third kappa shape index (κ3) is 5.08. The smallest absolute Gasteiger partial charge is 0.261 e. The molecular formula is C33H37N3O6Si. The summed E-state index contributed by atoms with van der Waals surface area (Å²) in [6.45, 7) is 5.74. The first kappa shape index (κ1) is 29.2. The molecule has 224 valence electrons. The molecule has 43 heavy (non-hydrogen) atoms. The zero-order valence-electron chi connectivity index (χ0n) is 24.5. The molecule has 1 spiro atoms. The highest BCUT2D eigenvalue weighted by molar-refractivity contribution is 6.71. The lowest BCUT2D eigenvalue weighted by Crippen LogP contribution is -2.48. The molecule has 3 aliphatic rings. The predicted octanol–water partition coefficient (Wildman–Crippen LogP) is 4.02. The number of carbonyl (C=O) groups excluding carboxylic acids is 3. The molecule has 0 bridgehead atoms. The summed E-state index contributed by atoms with van der Waals surface area (Å²) in [6.07, 6.45) is -0.189. The van der Waals surface area contributed by atoms with E-state index in [-0.39, 0.29) is 36.8 Å². The highest BCUT2D eigenvalue weighted by atomic mass is 28.4. The second kappa shape index (κ2) is 11.0. The average Bonchev–Trinajstić information content (AvgIpc) is 3.44. The van der Waals surface area contributed by atoms with E-state index in [1.165, 1.54) is 0 Å². The monoisotopic (exact) mass is 599 g/mol. The molecular weight excluding hydrogens is 562 g/mol. The molecule has 3 heterocycles. The molecule has 1 saturated heterocycles. The van der Waals surface area contributed by atoms with E-state index < -0.39 is 31.5 Å². The average molecular weight is 600 g/mol. The normalized spacial score (nSPS) is 26.2. The number of aliphatic hydroxyl groups is 1. The van der Waals surface area contributed by atoms with Gasteiger partial charge in [0, 0.05) is 40.5 Å². The van der Waals surface area contributed by atoms with Crippen LogP contribution in [0, 0.1) is 5.92 Å². The van der Waals surface area contributed by atoms with Crippen molar-refractivity contribution in [3.63, 3.8) is 0 Å². The van der Waals surface area contributed by atoms with Gasteiger partial charge < -0.3 is 30.2 Å². The predicted molar refractivity (Wildman–Crippen MR) is 165 cm³/mol. The van der Waals surface area contributed by atoms with Crippen molar-refractivity contribution < 1.29 is 29.0 Å². The van der Waals surface area contributed by atoms with Crippen LogP contribution >= 0.6 is 0 Å². The van der Waals surface area contributed by atoms with Crippen molar-refractivity contribution in [1.82, 2.24) is 4.90 Å². The van der Waals surface area contributed by atoms with Crippen molar-refractivity contribution >= 4 is 37.4 Å². The summed E-state index contributed by atoms with van der Waals surface area (Å²) in [6, 6.07) is 21.6. The summed E-state index contributed by atoms with van der Waals surface area (Å²) in [5.74, 6) is -1.26. The maximum Gasteiger partial charge on any atom is 0.261 e. The Labute approximate surface area is 252 Å². The third-order valence-corrected chi connectivity index (χ3v) is 11.8. The molecule has 3 amide bonds. The number of nitrogens with zero attached hydrogens (tertiary/aromatic N) is 1. The summed E-state index contributed by atoms with van der Waals surface area (Å²) in [5.41, 5.74) is 2.46. The van der Waals surface area contributed by atoms with E-state index in [0.29, 0.717) is 35.5 Å². The van der Waals surface area contributed by atoms with Gasteiger partial charge in [0.1, 0.15) is 0 Å². The van der Waals surface area contributed by atoms with Crippen LogP contribution in [0.3, 0.4) is 0 Å². The number of fused-ring (bicyclic) bond motifs is 3. The van der Waals surface area contributed by atoms with Gasteiger partial charge in [0.2, 0.25) is 5.91 Å². The lowest BCUT2D eigenvalue weighted by molar-refractivity contribution is -0.149. The summed E-state index contributed by atoms with van der Waals surface area (Å²) >= 11 is 0. The Kier molecular flexibility index (Phi) is 7.50. The summed E-state index contributed by atoms with van der Waals surface area (Å²) in [5, 5.41) is 16.0. The van der Waals surface area contributed by atoms with Gasteiger partial charge in [0.05, 0.1) is 25.2 Å². The number of anilines is 2. The molecule has 9 nitrogen and oxygen atoms in total. The van der Waals surface area contributed by atoms with Gasteiger partial charge in [-0.15, -0.1) is 0 Å². The van der Waals surface area contributed by atoms with E-state index in [4.69, 9.17) is 4.74 Å². The molecule has 0 saturated carbocycles. The standard InChI is InChI=1S/C33H37N3O6Si/c1-20-30(43(2,3)41)28(17-29(38)36-18-23-12-8-7-11-22(23)15-25(36)19-37)42-33(20)26-16-24(13-14-27(26)35-32(33)40)34-31(39)21-9-5-4-6-10-21/h4-14,16,20,25,28,30,37,41H,15,17-19H2,1-3H3,(H,34,39)(H,35,40)/t20-,25-,28+,30-,33+/m0/s1. The lowest BCUT2D eigenvalue weighted by atomic mass is 9.82. The van der Waals surface area contributed by atoms with E-state index in [2.05, 4.69) is 10.6 Å². The lowest BCUT2D eigenvalue weighted by Gasteiger charge is -2.37. The molecule has 5 atom stereocenters. The fourth-order valence-corrected chi connectivity index (χ4v) is 9.85. The highest BCUT2D eigenvalue weighted by Crippen LogP contribution is 2.58. The van der Waals surface area contributed by atoms with Gasteiger partial charge in [-0.3, -0.25) is 14.4 Å². The molecule has 0 radical (unpaired) electrons. The zero-order valence-corrected chi connectivity index (χ0v) is 25.5. The number of amides is 3. The molecule has 4 N–H and O–H groups in total. The van der Waals surface area contributed by atoms with Crippen LogP contribution in [0.25, 0.3) is 0 Å². The van der Waals surface area contributed by atoms with E-state index in [0.717, 1.165) is 11.1 Å². The summed E-state index contributed by atoms with van der Waals surface area (Å²) in [4.78, 5) is 53.7. The first-order valence-electron chi connectivity index (χ1n) is 14.7. The van der Waals surface area contributed by atoms with Crippen molar-refractivity contribution in [1.29, 1.82) is 0 Å². The second-order valence-electron chi connectivity index (χ2n) is 12.4. The van der Waals surface area contributed by atoms with Gasteiger partial charge in [-0.1, -0.05) is 49.4 Å². The minimum Gasteiger partial charge on any atom is -0.432 e. The van der Waals surface area contributed by atoms with Crippen LogP contribution in [0.1, 0.15) is 40.4 Å². The van der Waals surface area contributed by atoms with E-state index in [1.807, 2.05) is 50.3 Å². The second-order valence-corrected chi connectivity index (χ2v) is 16.4. The van der Waals surface area contributed by atoms with E-state index in [1.54, 1.807) is 47.4 Å². The Hall–Kier alpha value is -3.83. The van der Waals surface area contributed by atoms with Gasteiger partial charge in [0.25, 0.3) is 11.8 Å². The molecule has 3 aromatic carbocycles. The van der Waals surface area contributed by atoms with Crippen molar-refractivity contribution in [3.8, 4) is 0 Å². The molecule has 6 rings (SSSR count). The molecule has 1 fully saturated rings. The fourth-order valence-electron chi connectivity index (χ4n) is 7.30. The minimum absolute atomic E-state index is 0.0283. The number of hydrogen-bond donors (Lipinski definition) is 4. The molecule has 0 aliphatic carbocycles. The van der Waals surface area contributed by atoms with Crippen LogP contribution in [-0.4, -0.2) is 59.6 Å². The van der Waals surface area contributed by atoms with Gasteiger partial charge in [-0.05, 0) is 61.0 Å². The highest BCUT2D eigenvalue weighted by Gasteiger charge is 2.65. The maximum atomic E-state index is 13.9. The SMILES string of the molecule is C[C@H]1[C@H]([Si](C)(C)O)[C@@H](CC(=O)N2Cc3ccccc3C[C@H]2CO)O[C@]12C(=O)Nc1ccc(NC(=O)c3ccccc3)cc12. The van der Waals surface area contributed by atoms with Crippen LogP contribution in [0.5, 0.6) is 0 Å². The first-order chi connectivity index (χ1) is 20.5. The van der Waals surface area contributed by atoms with E-state index >= 15 is 0 Å². The Morgan fingerprint density at radius 1 is 1.07 bits per heavy atom. The minimum atomic E-state index is -2.97. The van der Waals surface area contributed by atoms with Crippen LogP contribution < -0.4 is 10.6 Å². The Bertz CT molecular complexity index is 1570. The molecule has 10 heteroatoms. The number of aliphatic hydroxyl groups excluding tert-OH is 1. The quantitative estimate of drug-likeness (QED) is 0.317. The Morgan fingerprint density at radius 3 is 2.47 bits per heavy atom. The number of ether oxygens (including phenoxy) is 1. The van der Waals surface area contributed by atoms with Crippen LogP contribution in [0.4, 0.5) is 11.4 Å². The molecule has 3 aromatic rings. The Morgan fingerprint density at radius 2 is 1.77 bits per heavy atom. The largest absolute Gasteiger partial charge is 0.432 e. The van der Waals surface area contributed by atoms with Gasteiger partial charge in [-0.2, -0.15) is 0 Å². The number of nitrogens with one attached hydrogen (secondary N) is 2. The van der Waals surface area contributed by atoms with Gasteiger partial charge >= 0.3 is 0 Å². The Balaban J connectivity index is 1.30. The van der Waals surface area contributed by atoms with Crippen molar-refractivity contribution in [3.05, 3.63) is 95.1 Å². The zero-order chi connectivity index (χ0) is 30.5. The summed E-state index contributed by atoms with van der Waals surface area (Å²) < 4.78 is 6.68. The fraction of sp³-hybridized carbons (Fsp3) is 0.364. The maximum absolute atomic E-state index is 13.9. The summed E-state index contributed by atoms with van der Waals surface area (Å²) in [7, 11) is -2.97. The van der Waals surface area contributed by atoms with Crippen molar-refractivity contribution in [2.75, 3.05) is 17.2 Å². The molecule has 0 aromatic heterocycles. The molecule has 3 aliphatic heterocycles. The van der Waals surface area contributed by atoms with Crippen LogP contribution in [0.2, 0.25) is 18.6 Å². The first-order valence-corrected chi connectivity index (χ1v) is 17.7. The van der Waals surface area contributed by atoms with Gasteiger partial charge in [0.15, 0.2) is 13.9 Å². The number of benzene rings is 3. The topological polar surface area (TPSA) is 128 Å². The molecule has 0 unspecified atom stereocenters.